The van der Waals surface area contributed by atoms with Gasteiger partial charge in [-0.3, -0.25) is 0 Å². The van der Waals surface area contributed by atoms with Crippen molar-refractivity contribution in [2.75, 3.05) is 0 Å². The highest BCUT2D eigenvalue weighted by Gasteiger charge is 2.20. The van der Waals surface area contributed by atoms with E-state index in [1.54, 1.807) is 0 Å². The molecule has 0 spiro atoms. The molecule has 0 atom stereocenters. The summed E-state index contributed by atoms with van der Waals surface area (Å²) in [5.74, 6) is 0. The van der Waals surface area contributed by atoms with Gasteiger partial charge in [0.05, 0.1) is 27.6 Å². The lowest BCUT2D eigenvalue weighted by Gasteiger charge is -2.09. The Morgan fingerprint density at radius 3 is 1.97 bits per heavy atom. The molecule has 0 saturated heterocycles. The van der Waals surface area contributed by atoms with Crippen LogP contribution >= 0.6 is 11.3 Å². The Kier molecular flexibility index (Phi) is 3.59. The maximum atomic E-state index is 2.47. The summed E-state index contributed by atoms with van der Waals surface area (Å²) >= 11 is 1.91. The van der Waals surface area contributed by atoms with Crippen LogP contribution in [0.25, 0.3) is 85.8 Å². The van der Waals surface area contributed by atoms with Crippen molar-refractivity contribution in [2.45, 2.75) is 0 Å². The lowest BCUT2D eigenvalue weighted by atomic mass is 10.1. The van der Waals surface area contributed by atoms with Crippen LogP contribution < -0.4 is 0 Å². The average molecular weight is 513 g/mol. The van der Waals surface area contributed by atoms with Gasteiger partial charge in [-0.05, 0) is 36.4 Å². The highest BCUT2D eigenvalue weighted by atomic mass is 32.1. The molecule has 6 aromatic carbocycles. The second kappa shape index (κ2) is 6.96. The largest absolute Gasteiger partial charge is 0.309 e. The monoisotopic (exact) mass is 512 g/mol. The molecule has 4 aromatic heterocycles. The van der Waals surface area contributed by atoms with Crippen molar-refractivity contribution in [2.24, 2.45) is 0 Å². The van der Waals surface area contributed by atoms with Crippen molar-refractivity contribution in [1.29, 1.82) is 0 Å². The van der Waals surface area contributed by atoms with E-state index in [4.69, 9.17) is 0 Å². The van der Waals surface area contributed by atoms with Gasteiger partial charge in [-0.1, -0.05) is 84.9 Å². The Morgan fingerprint density at radius 2 is 1.10 bits per heavy atom. The van der Waals surface area contributed by atoms with Crippen molar-refractivity contribution in [3.05, 3.63) is 121 Å². The summed E-state index contributed by atoms with van der Waals surface area (Å²) < 4.78 is 7.64. The van der Waals surface area contributed by atoms with Gasteiger partial charge in [-0.25, -0.2) is 0 Å². The molecule has 39 heavy (non-hydrogen) atoms. The fourth-order valence-electron chi connectivity index (χ4n) is 7.07. The topological polar surface area (TPSA) is 9.34 Å². The maximum Gasteiger partial charge on any atom is 0.0620 e. The van der Waals surface area contributed by atoms with E-state index in [9.17, 15) is 0 Å². The molecule has 0 amide bonds. The van der Waals surface area contributed by atoms with Crippen LogP contribution in [0.5, 0.6) is 0 Å². The summed E-state index contributed by atoms with van der Waals surface area (Å²) in [6.45, 7) is 0. The maximum absolute atomic E-state index is 2.47. The van der Waals surface area contributed by atoms with E-state index in [1.165, 1.54) is 85.8 Å². The molecule has 0 unspecified atom stereocenters. The highest BCUT2D eigenvalue weighted by Crippen LogP contribution is 2.44. The lowest BCUT2D eigenvalue weighted by molar-refractivity contribution is 1.18. The van der Waals surface area contributed by atoms with Crippen LogP contribution in [0, 0.1) is 0 Å². The number of nitrogens with zero attached hydrogens (tertiary/aromatic N) is 2. The molecule has 0 radical (unpaired) electrons. The highest BCUT2D eigenvalue weighted by molar-refractivity contribution is 7.26. The standard InChI is InChI=1S/C36H20N2S/c1-4-13-29-22(8-1)25-11-7-12-26-23-17-16-21(20-32(23)38(29)35(25)26)37-30-14-5-2-10-28(30)34-31(37)19-18-27-24-9-3-6-15-33(24)39-36(27)34/h1-20H. The molecule has 4 heterocycles. The van der Waals surface area contributed by atoms with E-state index in [1.807, 2.05) is 11.3 Å². The minimum absolute atomic E-state index is 1.19. The zero-order chi connectivity index (χ0) is 25.2. The number of rotatable bonds is 1. The third-order valence-corrected chi connectivity index (χ3v) is 9.85. The van der Waals surface area contributed by atoms with Gasteiger partial charge < -0.3 is 8.97 Å². The molecule has 0 bridgehead atoms. The van der Waals surface area contributed by atoms with Crippen molar-refractivity contribution >= 4 is 91.4 Å². The Balaban J connectivity index is 1.37. The summed E-state index contributed by atoms with van der Waals surface area (Å²) in [6.07, 6.45) is 0. The van der Waals surface area contributed by atoms with Crippen LogP contribution in [0.1, 0.15) is 0 Å². The normalized spacial score (nSPS) is 12.6. The molecule has 3 heteroatoms. The quantitative estimate of drug-likeness (QED) is 0.207. The van der Waals surface area contributed by atoms with E-state index in [-0.39, 0.29) is 0 Å². The van der Waals surface area contributed by atoms with Crippen molar-refractivity contribution in [3.63, 3.8) is 0 Å². The first-order valence-electron chi connectivity index (χ1n) is 13.4. The van der Waals surface area contributed by atoms with Crippen molar-refractivity contribution in [1.82, 2.24) is 8.97 Å². The summed E-state index contributed by atoms with van der Waals surface area (Å²) in [7, 11) is 0. The number of hydrogen-bond acceptors (Lipinski definition) is 1. The Morgan fingerprint density at radius 1 is 0.436 bits per heavy atom. The molecule has 0 aliphatic carbocycles. The van der Waals surface area contributed by atoms with Gasteiger partial charge in [0.25, 0.3) is 0 Å². The van der Waals surface area contributed by atoms with Crippen LogP contribution in [0.2, 0.25) is 0 Å². The van der Waals surface area contributed by atoms with Gasteiger partial charge in [-0.2, -0.15) is 0 Å². The van der Waals surface area contributed by atoms with Gasteiger partial charge >= 0.3 is 0 Å². The van der Waals surface area contributed by atoms with E-state index in [2.05, 4.69) is 130 Å². The molecule has 10 aromatic rings. The molecule has 180 valence electrons. The van der Waals surface area contributed by atoms with Crippen LogP contribution in [0.4, 0.5) is 0 Å². The Hall–Kier alpha value is -4.86. The summed E-state index contributed by atoms with van der Waals surface area (Å²) in [4.78, 5) is 0. The van der Waals surface area contributed by atoms with Crippen LogP contribution in [-0.2, 0) is 0 Å². The van der Waals surface area contributed by atoms with E-state index < -0.39 is 0 Å². The predicted octanol–water partition coefficient (Wildman–Crippen LogP) is 10.3. The fourth-order valence-corrected chi connectivity index (χ4v) is 8.33. The molecule has 0 N–H and O–H groups in total. The first kappa shape index (κ1) is 20.1. The second-order valence-corrected chi connectivity index (χ2v) is 11.6. The first-order chi connectivity index (χ1) is 19.4. The van der Waals surface area contributed by atoms with Crippen molar-refractivity contribution < 1.29 is 0 Å². The Bertz CT molecular complexity index is 2610. The van der Waals surface area contributed by atoms with Crippen LogP contribution in [0.15, 0.2) is 121 Å². The molecule has 10 rings (SSSR count). The molecular weight excluding hydrogens is 492 g/mol. The third-order valence-electron chi connectivity index (χ3n) is 8.65. The van der Waals surface area contributed by atoms with E-state index >= 15 is 0 Å². The number of aromatic nitrogens is 2. The van der Waals surface area contributed by atoms with Crippen LogP contribution in [-0.4, -0.2) is 8.97 Å². The molecule has 0 fully saturated rings. The number of hydrogen-bond donors (Lipinski definition) is 0. The molecular formula is C36H20N2S. The van der Waals surface area contributed by atoms with Gasteiger partial charge in [0.15, 0.2) is 0 Å². The summed E-state index contributed by atoms with van der Waals surface area (Å²) in [5, 5.41) is 10.6. The van der Waals surface area contributed by atoms with Crippen molar-refractivity contribution in [3.8, 4) is 5.69 Å². The van der Waals surface area contributed by atoms with Gasteiger partial charge in [0.2, 0.25) is 0 Å². The fraction of sp³-hybridized carbons (Fsp3) is 0. The zero-order valence-corrected chi connectivity index (χ0v) is 21.7. The first-order valence-corrected chi connectivity index (χ1v) is 14.2. The molecule has 0 aliphatic rings. The second-order valence-electron chi connectivity index (χ2n) is 10.5. The number of thiophene rings is 1. The Labute approximate surface area is 226 Å². The molecule has 0 aliphatic heterocycles. The minimum atomic E-state index is 1.19. The SMILES string of the molecule is c1ccc2c(c1)sc1c2ccc2c1c1ccccc1n2-c1ccc2c3cccc4c5ccccc5n(c2c1)c43. The van der Waals surface area contributed by atoms with Gasteiger partial charge in [-0.15, -0.1) is 11.3 Å². The van der Waals surface area contributed by atoms with Gasteiger partial charge in [0, 0.05) is 58.2 Å². The van der Waals surface area contributed by atoms with Gasteiger partial charge in [0.1, 0.15) is 0 Å². The average Bonchev–Trinajstić information content (AvgIpc) is 3.72. The molecule has 0 saturated carbocycles. The third kappa shape index (κ3) is 2.38. The number of benzene rings is 6. The van der Waals surface area contributed by atoms with Crippen LogP contribution in [0.3, 0.4) is 0 Å². The summed E-state index contributed by atoms with van der Waals surface area (Å²) in [6, 6.07) is 44.8. The predicted molar refractivity (Wildman–Crippen MR) is 168 cm³/mol. The minimum Gasteiger partial charge on any atom is -0.309 e. The lowest BCUT2D eigenvalue weighted by Crippen LogP contribution is -1.94. The van der Waals surface area contributed by atoms with E-state index in [0.717, 1.165) is 0 Å². The zero-order valence-electron chi connectivity index (χ0n) is 20.8. The smallest absolute Gasteiger partial charge is 0.0620 e. The summed E-state index contributed by atoms with van der Waals surface area (Å²) in [5.41, 5.74) is 7.54. The number of para-hydroxylation sites is 3. The molecule has 2 nitrogen and oxygen atoms in total. The number of fused-ring (bicyclic) bond motifs is 13. The van der Waals surface area contributed by atoms with E-state index in [0.29, 0.717) is 0 Å².